The fourth-order valence-electron chi connectivity index (χ4n) is 3.47. The number of aromatic nitrogens is 3. The van der Waals surface area contributed by atoms with E-state index in [1.807, 2.05) is 4.90 Å². The minimum Gasteiger partial charge on any atom is -0.383 e. The van der Waals surface area contributed by atoms with Gasteiger partial charge in [-0.1, -0.05) is 0 Å². The second-order valence-electron chi connectivity index (χ2n) is 7.15. The Balaban J connectivity index is 1.58. The van der Waals surface area contributed by atoms with Crippen LogP contribution in [-0.4, -0.2) is 76.0 Å². The van der Waals surface area contributed by atoms with Crippen molar-refractivity contribution >= 4 is 23.0 Å². The van der Waals surface area contributed by atoms with Gasteiger partial charge >= 0.3 is 0 Å². The van der Waals surface area contributed by atoms with E-state index in [2.05, 4.69) is 9.97 Å². The largest absolute Gasteiger partial charge is 0.383 e. The van der Waals surface area contributed by atoms with Gasteiger partial charge in [-0.05, 0) is 25.0 Å². The monoisotopic (exact) mass is 385 g/mol. The molecule has 0 N–H and O–H groups in total. The SMILES string of the molecule is COCCn1c(=O)c(C(=O)N2CCN(C(=O)C3CC3)CC2)nc2cccnc21. The maximum absolute atomic E-state index is 13.0. The van der Waals surface area contributed by atoms with Gasteiger partial charge in [-0.2, -0.15) is 0 Å². The molecule has 0 aromatic carbocycles. The molecule has 0 spiro atoms. The summed E-state index contributed by atoms with van der Waals surface area (Å²) in [5.41, 5.74) is 0.341. The second-order valence-corrected chi connectivity index (χ2v) is 7.15. The molecule has 2 aromatic heterocycles. The van der Waals surface area contributed by atoms with E-state index in [0.717, 1.165) is 12.8 Å². The molecular weight excluding hydrogens is 362 g/mol. The molecule has 9 nitrogen and oxygen atoms in total. The van der Waals surface area contributed by atoms with Crippen LogP contribution < -0.4 is 5.56 Å². The number of rotatable bonds is 5. The number of fused-ring (bicyclic) bond motifs is 1. The number of amides is 2. The van der Waals surface area contributed by atoms with E-state index in [1.165, 1.54) is 4.57 Å². The third-order valence-corrected chi connectivity index (χ3v) is 5.23. The molecule has 4 rings (SSSR count). The summed E-state index contributed by atoms with van der Waals surface area (Å²) in [7, 11) is 1.55. The summed E-state index contributed by atoms with van der Waals surface area (Å²) in [4.78, 5) is 50.1. The summed E-state index contributed by atoms with van der Waals surface area (Å²) in [6.07, 6.45) is 3.52. The van der Waals surface area contributed by atoms with Gasteiger partial charge in [0.25, 0.3) is 11.5 Å². The average Bonchev–Trinajstić information content (AvgIpc) is 3.57. The van der Waals surface area contributed by atoms with Crippen molar-refractivity contribution in [1.82, 2.24) is 24.3 Å². The van der Waals surface area contributed by atoms with Crippen LogP contribution in [0, 0.1) is 5.92 Å². The Hall–Kier alpha value is -2.81. The molecule has 2 aromatic rings. The molecule has 1 aliphatic heterocycles. The molecule has 1 aliphatic carbocycles. The van der Waals surface area contributed by atoms with E-state index in [0.29, 0.717) is 43.9 Å². The number of ether oxygens (including phenoxy) is 1. The first-order valence-electron chi connectivity index (χ1n) is 9.52. The van der Waals surface area contributed by atoms with Crippen molar-refractivity contribution in [3.05, 3.63) is 34.4 Å². The van der Waals surface area contributed by atoms with Gasteiger partial charge in [-0.25, -0.2) is 9.97 Å². The molecule has 0 unspecified atom stereocenters. The number of carbonyl (C=O) groups excluding carboxylic acids is 2. The molecule has 0 bridgehead atoms. The van der Waals surface area contributed by atoms with Gasteiger partial charge in [0.1, 0.15) is 5.52 Å². The minimum absolute atomic E-state index is 0.112. The predicted molar refractivity (Wildman–Crippen MR) is 101 cm³/mol. The number of carbonyl (C=O) groups is 2. The normalized spacial score (nSPS) is 17.2. The van der Waals surface area contributed by atoms with Gasteiger partial charge < -0.3 is 14.5 Å². The summed E-state index contributed by atoms with van der Waals surface area (Å²) < 4.78 is 6.52. The fourth-order valence-corrected chi connectivity index (χ4v) is 3.47. The molecule has 3 heterocycles. The maximum atomic E-state index is 13.0. The Labute approximate surface area is 161 Å². The Morgan fingerprint density at radius 1 is 1.18 bits per heavy atom. The van der Waals surface area contributed by atoms with Crippen LogP contribution in [0.3, 0.4) is 0 Å². The quantitative estimate of drug-likeness (QED) is 0.726. The minimum atomic E-state index is -0.468. The Bertz CT molecular complexity index is 960. The van der Waals surface area contributed by atoms with E-state index in [-0.39, 0.29) is 24.1 Å². The zero-order chi connectivity index (χ0) is 19.7. The van der Waals surface area contributed by atoms with Crippen LogP contribution in [0.5, 0.6) is 0 Å². The number of hydrogen-bond donors (Lipinski definition) is 0. The van der Waals surface area contributed by atoms with Crippen molar-refractivity contribution in [2.75, 3.05) is 39.9 Å². The lowest BCUT2D eigenvalue weighted by Gasteiger charge is -2.34. The van der Waals surface area contributed by atoms with E-state index >= 15 is 0 Å². The lowest BCUT2D eigenvalue weighted by molar-refractivity contribution is -0.134. The topological polar surface area (TPSA) is 97.6 Å². The molecule has 2 amide bonds. The van der Waals surface area contributed by atoms with Crippen molar-refractivity contribution in [3.63, 3.8) is 0 Å². The standard InChI is InChI=1S/C19H23N5O4/c1-28-12-11-24-16-14(3-2-6-20-16)21-15(19(24)27)18(26)23-9-7-22(8-10-23)17(25)13-4-5-13/h2-3,6,13H,4-5,7-12H2,1H3. The smallest absolute Gasteiger partial charge is 0.283 e. The highest BCUT2D eigenvalue weighted by Gasteiger charge is 2.35. The van der Waals surface area contributed by atoms with E-state index < -0.39 is 11.5 Å². The highest BCUT2D eigenvalue weighted by molar-refractivity contribution is 5.93. The van der Waals surface area contributed by atoms with E-state index in [1.54, 1.807) is 30.3 Å². The van der Waals surface area contributed by atoms with Crippen LogP contribution in [0.2, 0.25) is 0 Å². The molecule has 0 radical (unpaired) electrons. The van der Waals surface area contributed by atoms with E-state index in [4.69, 9.17) is 4.74 Å². The van der Waals surface area contributed by atoms with Crippen molar-refractivity contribution in [1.29, 1.82) is 0 Å². The van der Waals surface area contributed by atoms with Crippen LogP contribution >= 0.6 is 0 Å². The third kappa shape index (κ3) is 3.49. The van der Waals surface area contributed by atoms with Crippen molar-refractivity contribution in [2.24, 2.45) is 5.92 Å². The number of nitrogens with zero attached hydrogens (tertiary/aromatic N) is 5. The molecule has 1 saturated carbocycles. The molecule has 2 fully saturated rings. The van der Waals surface area contributed by atoms with Gasteiger partial charge in [0, 0.05) is 45.4 Å². The lowest BCUT2D eigenvalue weighted by Crippen LogP contribution is -2.52. The van der Waals surface area contributed by atoms with Crippen LogP contribution in [0.4, 0.5) is 0 Å². The molecule has 0 atom stereocenters. The summed E-state index contributed by atoms with van der Waals surface area (Å²) in [5.74, 6) is -0.0470. The van der Waals surface area contributed by atoms with Gasteiger partial charge in [-0.15, -0.1) is 0 Å². The molecule has 148 valence electrons. The molecule has 9 heteroatoms. The highest BCUT2D eigenvalue weighted by Crippen LogP contribution is 2.31. The zero-order valence-electron chi connectivity index (χ0n) is 15.8. The van der Waals surface area contributed by atoms with E-state index in [9.17, 15) is 14.4 Å². The first-order valence-corrected chi connectivity index (χ1v) is 9.52. The Kier molecular flexibility index (Phi) is 5.08. The van der Waals surface area contributed by atoms with Gasteiger partial charge in [0.15, 0.2) is 11.3 Å². The first-order chi connectivity index (χ1) is 13.6. The van der Waals surface area contributed by atoms with Crippen LogP contribution in [0.15, 0.2) is 23.1 Å². The Morgan fingerprint density at radius 2 is 1.89 bits per heavy atom. The summed E-state index contributed by atoms with van der Waals surface area (Å²) in [6.45, 7) is 2.41. The summed E-state index contributed by atoms with van der Waals surface area (Å²) in [5, 5.41) is 0. The zero-order valence-corrected chi connectivity index (χ0v) is 15.8. The van der Waals surface area contributed by atoms with Gasteiger partial charge in [0.2, 0.25) is 5.91 Å². The van der Waals surface area contributed by atoms with Crippen molar-refractivity contribution in [3.8, 4) is 0 Å². The summed E-state index contributed by atoms with van der Waals surface area (Å²) >= 11 is 0. The molecule has 1 saturated heterocycles. The molecule has 2 aliphatic rings. The molecule has 28 heavy (non-hydrogen) atoms. The second kappa shape index (κ2) is 7.67. The highest BCUT2D eigenvalue weighted by atomic mass is 16.5. The van der Waals surface area contributed by atoms with Crippen molar-refractivity contribution < 1.29 is 14.3 Å². The maximum Gasteiger partial charge on any atom is 0.283 e. The van der Waals surface area contributed by atoms with Crippen molar-refractivity contribution in [2.45, 2.75) is 19.4 Å². The van der Waals surface area contributed by atoms with Gasteiger partial charge in [0.05, 0.1) is 13.2 Å². The summed E-state index contributed by atoms with van der Waals surface area (Å²) in [6, 6.07) is 3.45. The third-order valence-electron chi connectivity index (χ3n) is 5.23. The lowest BCUT2D eigenvalue weighted by atomic mass is 10.2. The fraction of sp³-hybridized carbons (Fsp3) is 0.526. The number of piperazine rings is 1. The number of hydrogen-bond acceptors (Lipinski definition) is 6. The number of pyridine rings is 1. The van der Waals surface area contributed by atoms with Crippen LogP contribution in [0.25, 0.3) is 11.2 Å². The Morgan fingerprint density at radius 3 is 2.57 bits per heavy atom. The average molecular weight is 385 g/mol. The van der Waals surface area contributed by atoms with Crippen LogP contribution in [-0.2, 0) is 16.1 Å². The van der Waals surface area contributed by atoms with Gasteiger partial charge in [-0.3, -0.25) is 19.0 Å². The van der Waals surface area contributed by atoms with Crippen LogP contribution in [0.1, 0.15) is 23.3 Å². The predicted octanol–water partition coefficient (Wildman–Crippen LogP) is 0.132. The molecular formula is C19H23N5O4. The first kappa shape index (κ1) is 18.5. The number of methoxy groups -OCH3 is 1.